The third-order valence-electron chi connectivity index (χ3n) is 3.49. The van der Waals surface area contributed by atoms with E-state index in [9.17, 15) is 0 Å². The number of rotatable bonds is 5. The maximum Gasteiger partial charge on any atom is 0.0756 e. The minimum absolute atomic E-state index is 0.255. The summed E-state index contributed by atoms with van der Waals surface area (Å²) in [6, 6.07) is 6.87. The maximum absolute atomic E-state index is 4.03. The fourth-order valence-corrected chi connectivity index (χ4v) is 2.38. The van der Waals surface area contributed by atoms with Gasteiger partial charge in [0.1, 0.15) is 0 Å². The van der Waals surface area contributed by atoms with Crippen LogP contribution >= 0.6 is 0 Å². The van der Waals surface area contributed by atoms with Crippen LogP contribution in [0.5, 0.6) is 0 Å². The summed E-state index contributed by atoms with van der Waals surface area (Å²) in [5.74, 6) is 0. The Balaban J connectivity index is 2.26. The van der Waals surface area contributed by atoms with Crippen molar-refractivity contribution in [3.05, 3.63) is 46.8 Å². The summed E-state index contributed by atoms with van der Waals surface area (Å²) >= 11 is 0. The quantitative estimate of drug-likeness (QED) is 0.895. The molecule has 0 radical (unpaired) electrons. The summed E-state index contributed by atoms with van der Waals surface area (Å²) < 4.78 is 1.85. The first kappa shape index (κ1) is 13.7. The van der Waals surface area contributed by atoms with Crippen molar-refractivity contribution in [3.8, 4) is 0 Å². The lowest BCUT2D eigenvalue weighted by Crippen LogP contribution is -2.25. The zero-order valence-electron chi connectivity index (χ0n) is 12.1. The first-order valence-electron chi connectivity index (χ1n) is 6.76. The Hall–Kier alpha value is -1.68. The number of nitrogens with one attached hydrogen (secondary N) is 1. The zero-order chi connectivity index (χ0) is 13.8. The number of likely N-dealkylation sites (N-methyl/N-ethyl adjacent to an activating group) is 1. The Labute approximate surface area is 114 Å². The van der Waals surface area contributed by atoms with Crippen molar-refractivity contribution in [2.45, 2.75) is 33.2 Å². The van der Waals surface area contributed by atoms with Gasteiger partial charge >= 0.3 is 0 Å². The summed E-state index contributed by atoms with van der Waals surface area (Å²) in [6.45, 7) is 7.36. The highest BCUT2D eigenvalue weighted by molar-refractivity contribution is 5.31. The molecule has 2 rings (SSSR count). The summed E-state index contributed by atoms with van der Waals surface area (Å²) in [4.78, 5) is 0. The lowest BCUT2D eigenvalue weighted by atomic mass is 9.97. The molecule has 1 unspecified atom stereocenters. The number of hydrogen-bond acceptors (Lipinski definition) is 3. The fraction of sp³-hybridized carbons (Fsp3) is 0.467. The van der Waals surface area contributed by atoms with Crippen molar-refractivity contribution < 1.29 is 0 Å². The molecule has 1 aromatic heterocycles. The Morgan fingerprint density at radius 1 is 1.32 bits per heavy atom. The Bertz CT molecular complexity index is 545. The van der Waals surface area contributed by atoms with Crippen LogP contribution in [-0.2, 0) is 13.5 Å². The number of aryl methyl sites for hydroxylation is 3. The van der Waals surface area contributed by atoms with Gasteiger partial charge in [0.2, 0.25) is 0 Å². The highest BCUT2D eigenvalue weighted by Gasteiger charge is 2.16. The molecule has 0 bridgehead atoms. The number of nitrogens with zero attached hydrogens (tertiary/aromatic N) is 3. The molecule has 4 heteroatoms. The average molecular weight is 258 g/mol. The molecule has 1 heterocycles. The van der Waals surface area contributed by atoms with Gasteiger partial charge in [0.15, 0.2) is 0 Å². The van der Waals surface area contributed by atoms with Gasteiger partial charge in [-0.3, -0.25) is 4.68 Å². The van der Waals surface area contributed by atoms with Crippen LogP contribution in [0.3, 0.4) is 0 Å². The van der Waals surface area contributed by atoms with E-state index in [0.717, 1.165) is 18.7 Å². The second-order valence-corrected chi connectivity index (χ2v) is 5.03. The van der Waals surface area contributed by atoms with Gasteiger partial charge in [0, 0.05) is 7.05 Å². The van der Waals surface area contributed by atoms with Crippen LogP contribution in [-0.4, -0.2) is 21.5 Å². The van der Waals surface area contributed by atoms with Crippen LogP contribution in [0, 0.1) is 13.8 Å². The first-order valence-corrected chi connectivity index (χ1v) is 6.76. The van der Waals surface area contributed by atoms with Crippen LogP contribution in [0.15, 0.2) is 24.4 Å². The molecule has 102 valence electrons. The third-order valence-corrected chi connectivity index (χ3v) is 3.49. The summed E-state index contributed by atoms with van der Waals surface area (Å²) in [5.41, 5.74) is 5.15. The molecule has 0 aliphatic heterocycles. The predicted octanol–water partition coefficient (Wildman–Crippen LogP) is 2.33. The van der Waals surface area contributed by atoms with E-state index in [1.807, 2.05) is 17.9 Å². The average Bonchev–Trinajstić information content (AvgIpc) is 2.79. The molecule has 0 spiro atoms. The minimum Gasteiger partial charge on any atom is -0.309 e. The van der Waals surface area contributed by atoms with E-state index in [2.05, 4.69) is 54.6 Å². The minimum atomic E-state index is 0.255. The van der Waals surface area contributed by atoms with Crippen molar-refractivity contribution in [1.29, 1.82) is 0 Å². The van der Waals surface area contributed by atoms with Crippen molar-refractivity contribution in [3.63, 3.8) is 0 Å². The van der Waals surface area contributed by atoms with E-state index in [1.165, 1.54) is 16.7 Å². The molecular weight excluding hydrogens is 236 g/mol. The lowest BCUT2D eigenvalue weighted by molar-refractivity contribution is 0.505. The molecule has 0 amide bonds. The lowest BCUT2D eigenvalue weighted by Gasteiger charge is -2.19. The molecule has 0 aliphatic carbocycles. The van der Waals surface area contributed by atoms with Crippen LogP contribution in [0.25, 0.3) is 0 Å². The van der Waals surface area contributed by atoms with Gasteiger partial charge in [-0.1, -0.05) is 35.9 Å². The standard InChI is InChI=1S/C15H22N4/c1-5-16-14(15-10-17-18-19(15)4)9-13-8-11(2)6-7-12(13)3/h6-8,10,14,16H,5,9H2,1-4H3. The van der Waals surface area contributed by atoms with Gasteiger partial charge in [0.25, 0.3) is 0 Å². The van der Waals surface area contributed by atoms with Crippen molar-refractivity contribution in [1.82, 2.24) is 20.3 Å². The van der Waals surface area contributed by atoms with Crippen LogP contribution in [0.2, 0.25) is 0 Å². The second-order valence-electron chi connectivity index (χ2n) is 5.03. The number of aromatic nitrogens is 3. The van der Waals surface area contributed by atoms with E-state index in [0.29, 0.717) is 0 Å². The van der Waals surface area contributed by atoms with E-state index in [4.69, 9.17) is 0 Å². The molecule has 1 atom stereocenters. The number of hydrogen-bond donors (Lipinski definition) is 1. The normalized spacial score (nSPS) is 12.6. The van der Waals surface area contributed by atoms with Crippen LogP contribution < -0.4 is 5.32 Å². The van der Waals surface area contributed by atoms with Crippen LogP contribution in [0.1, 0.15) is 35.3 Å². The maximum atomic E-state index is 4.03. The summed E-state index contributed by atoms with van der Waals surface area (Å²) in [7, 11) is 1.94. The van der Waals surface area contributed by atoms with Gasteiger partial charge < -0.3 is 5.32 Å². The molecule has 0 saturated heterocycles. The first-order chi connectivity index (χ1) is 9.11. The van der Waals surface area contributed by atoms with Crippen LogP contribution in [0.4, 0.5) is 0 Å². The largest absolute Gasteiger partial charge is 0.309 e. The predicted molar refractivity (Wildman–Crippen MR) is 77.0 cm³/mol. The van der Waals surface area contributed by atoms with Crippen molar-refractivity contribution in [2.75, 3.05) is 6.54 Å². The van der Waals surface area contributed by atoms with Gasteiger partial charge in [-0.25, -0.2) is 0 Å². The fourth-order valence-electron chi connectivity index (χ4n) is 2.38. The van der Waals surface area contributed by atoms with E-state index in [-0.39, 0.29) is 6.04 Å². The van der Waals surface area contributed by atoms with Gasteiger partial charge in [0.05, 0.1) is 17.9 Å². The molecule has 0 saturated carbocycles. The van der Waals surface area contributed by atoms with Gasteiger partial charge in [-0.2, -0.15) is 0 Å². The van der Waals surface area contributed by atoms with Gasteiger partial charge in [-0.15, -0.1) is 5.10 Å². The number of benzene rings is 1. The highest BCUT2D eigenvalue weighted by Crippen LogP contribution is 2.20. The van der Waals surface area contributed by atoms with E-state index in [1.54, 1.807) is 0 Å². The SMILES string of the molecule is CCNC(Cc1cc(C)ccc1C)c1cnnn1C. The molecule has 1 aromatic carbocycles. The smallest absolute Gasteiger partial charge is 0.0756 e. The second kappa shape index (κ2) is 5.97. The summed E-state index contributed by atoms with van der Waals surface area (Å²) in [5, 5.41) is 11.5. The third kappa shape index (κ3) is 3.20. The molecular formula is C15H22N4. The van der Waals surface area contributed by atoms with Gasteiger partial charge in [-0.05, 0) is 37.9 Å². The van der Waals surface area contributed by atoms with Crippen molar-refractivity contribution in [2.24, 2.45) is 7.05 Å². The monoisotopic (exact) mass is 258 g/mol. The van der Waals surface area contributed by atoms with Crippen molar-refractivity contribution >= 4 is 0 Å². The Morgan fingerprint density at radius 2 is 2.11 bits per heavy atom. The molecule has 4 nitrogen and oxygen atoms in total. The molecule has 0 fully saturated rings. The van der Waals surface area contributed by atoms with E-state index >= 15 is 0 Å². The Kier molecular flexibility index (Phi) is 4.32. The van der Waals surface area contributed by atoms with E-state index < -0.39 is 0 Å². The summed E-state index contributed by atoms with van der Waals surface area (Å²) in [6.07, 6.45) is 2.81. The zero-order valence-corrected chi connectivity index (χ0v) is 12.1. The molecule has 1 N–H and O–H groups in total. The highest BCUT2D eigenvalue weighted by atomic mass is 15.4. The Morgan fingerprint density at radius 3 is 2.74 bits per heavy atom. The molecule has 0 aliphatic rings. The topological polar surface area (TPSA) is 42.7 Å². The molecule has 19 heavy (non-hydrogen) atoms. The molecule has 2 aromatic rings.